The van der Waals surface area contributed by atoms with Gasteiger partial charge in [0.25, 0.3) is 5.91 Å². The molecule has 0 radical (unpaired) electrons. The number of rotatable bonds is 4. The number of halogens is 1. The van der Waals surface area contributed by atoms with E-state index in [1.54, 1.807) is 17.0 Å². The number of hydrogen-bond acceptors (Lipinski definition) is 4. The third kappa shape index (κ3) is 3.20. The molecule has 134 valence electrons. The summed E-state index contributed by atoms with van der Waals surface area (Å²) in [4.78, 5) is 26.1. The quantitative estimate of drug-likeness (QED) is 0.913. The van der Waals surface area contributed by atoms with Crippen LogP contribution < -0.4 is 19.7 Å². The van der Waals surface area contributed by atoms with E-state index in [1.165, 1.54) is 24.3 Å². The Balaban J connectivity index is 1.37. The van der Waals surface area contributed by atoms with E-state index in [0.717, 1.165) is 5.69 Å². The minimum absolute atomic E-state index is 0.00453. The van der Waals surface area contributed by atoms with Crippen molar-refractivity contribution in [1.29, 1.82) is 0 Å². The van der Waals surface area contributed by atoms with Crippen LogP contribution in [0.5, 0.6) is 11.5 Å². The first-order valence-corrected chi connectivity index (χ1v) is 8.34. The molecular formula is C19H17FN2O4. The van der Waals surface area contributed by atoms with Crippen molar-refractivity contribution in [3.05, 3.63) is 53.8 Å². The monoisotopic (exact) mass is 356 g/mol. The van der Waals surface area contributed by atoms with Gasteiger partial charge in [-0.15, -0.1) is 0 Å². The molecule has 0 aliphatic carbocycles. The van der Waals surface area contributed by atoms with Crippen LogP contribution >= 0.6 is 0 Å². The molecule has 26 heavy (non-hydrogen) atoms. The Morgan fingerprint density at radius 1 is 1.15 bits per heavy atom. The van der Waals surface area contributed by atoms with Gasteiger partial charge in [-0.3, -0.25) is 9.59 Å². The molecular weight excluding hydrogens is 339 g/mol. The van der Waals surface area contributed by atoms with Gasteiger partial charge in [-0.25, -0.2) is 4.39 Å². The fourth-order valence-corrected chi connectivity index (χ4v) is 3.16. The third-order valence-corrected chi connectivity index (χ3v) is 4.53. The Kier molecular flexibility index (Phi) is 4.20. The van der Waals surface area contributed by atoms with Crippen LogP contribution in [0.1, 0.15) is 16.8 Å². The summed E-state index contributed by atoms with van der Waals surface area (Å²) in [7, 11) is 0. The summed E-state index contributed by atoms with van der Waals surface area (Å²) in [5.41, 5.74) is 1.15. The maximum atomic E-state index is 12.9. The van der Waals surface area contributed by atoms with Gasteiger partial charge in [0.15, 0.2) is 11.5 Å². The molecule has 0 unspecified atom stereocenters. The summed E-state index contributed by atoms with van der Waals surface area (Å²) in [6.45, 7) is 1.08. The van der Waals surface area contributed by atoms with Crippen LogP contribution in [0.3, 0.4) is 0 Å². The number of hydrogen-bond donors (Lipinski definition) is 1. The highest BCUT2D eigenvalue weighted by Crippen LogP contribution is 2.37. The lowest BCUT2D eigenvalue weighted by Crippen LogP contribution is -2.31. The maximum absolute atomic E-state index is 12.9. The molecule has 0 bridgehead atoms. The summed E-state index contributed by atoms with van der Waals surface area (Å²) in [5, 5.41) is 2.81. The van der Waals surface area contributed by atoms with Gasteiger partial charge in [-0.1, -0.05) is 0 Å². The van der Waals surface area contributed by atoms with Gasteiger partial charge in [0.2, 0.25) is 12.7 Å². The summed E-state index contributed by atoms with van der Waals surface area (Å²) in [6, 6.07) is 10.8. The van der Waals surface area contributed by atoms with Crippen LogP contribution in [-0.4, -0.2) is 31.7 Å². The molecule has 2 aromatic rings. The van der Waals surface area contributed by atoms with Crippen molar-refractivity contribution in [2.45, 2.75) is 6.42 Å². The average Bonchev–Trinajstić information content (AvgIpc) is 3.25. The lowest BCUT2D eigenvalue weighted by molar-refractivity contribution is -0.117. The first kappa shape index (κ1) is 16.4. The Morgan fingerprint density at radius 3 is 2.73 bits per heavy atom. The summed E-state index contributed by atoms with van der Waals surface area (Å²) >= 11 is 0. The molecule has 7 heteroatoms. The van der Waals surface area contributed by atoms with Crippen LogP contribution in [0, 0.1) is 11.7 Å². The van der Waals surface area contributed by atoms with E-state index >= 15 is 0 Å². The van der Waals surface area contributed by atoms with Crippen molar-refractivity contribution >= 4 is 17.5 Å². The predicted molar refractivity (Wildman–Crippen MR) is 91.8 cm³/mol. The number of fused-ring (bicyclic) bond motifs is 1. The van der Waals surface area contributed by atoms with E-state index < -0.39 is 0 Å². The molecule has 1 N–H and O–H groups in total. The SMILES string of the molecule is O=C(NC[C@@H]1CC(=O)N(c2ccc3c(c2)OCO3)C1)c1ccc(F)cc1. The van der Waals surface area contributed by atoms with Crippen molar-refractivity contribution < 1.29 is 23.5 Å². The fraction of sp³-hybridized carbons (Fsp3) is 0.263. The van der Waals surface area contributed by atoms with Crippen molar-refractivity contribution in [1.82, 2.24) is 5.32 Å². The lowest BCUT2D eigenvalue weighted by Gasteiger charge is -2.17. The van der Waals surface area contributed by atoms with Gasteiger partial charge in [-0.05, 0) is 36.4 Å². The minimum atomic E-state index is -0.387. The Hall–Kier alpha value is -3.09. The van der Waals surface area contributed by atoms with Gasteiger partial charge >= 0.3 is 0 Å². The predicted octanol–water partition coefficient (Wildman–Crippen LogP) is 2.34. The molecule has 2 amide bonds. The second kappa shape index (κ2) is 6.67. The zero-order valence-electron chi connectivity index (χ0n) is 13.9. The number of benzene rings is 2. The van der Waals surface area contributed by atoms with E-state index in [1.807, 2.05) is 6.07 Å². The molecule has 0 saturated carbocycles. The van der Waals surface area contributed by atoms with Crippen LogP contribution in [-0.2, 0) is 4.79 Å². The Morgan fingerprint density at radius 2 is 1.92 bits per heavy atom. The fourth-order valence-electron chi connectivity index (χ4n) is 3.16. The van der Waals surface area contributed by atoms with E-state index in [4.69, 9.17) is 9.47 Å². The second-order valence-corrected chi connectivity index (χ2v) is 6.33. The molecule has 2 aliphatic heterocycles. The Labute approximate surface area is 149 Å². The number of carbonyl (C=O) groups is 2. The van der Waals surface area contributed by atoms with Crippen molar-refractivity contribution in [2.75, 3.05) is 24.8 Å². The number of anilines is 1. The molecule has 6 nitrogen and oxygen atoms in total. The molecule has 0 aromatic heterocycles. The molecule has 0 spiro atoms. The third-order valence-electron chi connectivity index (χ3n) is 4.53. The number of ether oxygens (including phenoxy) is 2. The number of carbonyl (C=O) groups excluding carboxylic acids is 2. The number of nitrogens with one attached hydrogen (secondary N) is 1. The molecule has 1 fully saturated rings. The van der Waals surface area contributed by atoms with Gasteiger partial charge < -0.3 is 19.7 Å². The molecule has 1 atom stereocenters. The van der Waals surface area contributed by atoms with E-state index in [0.29, 0.717) is 36.6 Å². The standard InChI is InChI=1S/C19H17FN2O4/c20-14-3-1-13(2-4-14)19(24)21-9-12-7-18(23)22(10-12)15-5-6-16-17(8-15)26-11-25-16/h1-6,8,12H,7,9-11H2,(H,21,24)/t12-/m0/s1. The van der Waals surface area contributed by atoms with Gasteiger partial charge in [0, 0.05) is 42.7 Å². The van der Waals surface area contributed by atoms with Gasteiger partial charge in [-0.2, -0.15) is 0 Å². The topological polar surface area (TPSA) is 67.9 Å². The van der Waals surface area contributed by atoms with Crippen molar-refractivity contribution in [3.8, 4) is 11.5 Å². The summed E-state index contributed by atoms with van der Waals surface area (Å²) in [5.74, 6) is 0.648. The van der Waals surface area contributed by atoms with Gasteiger partial charge in [0.05, 0.1) is 0 Å². The number of nitrogens with zero attached hydrogens (tertiary/aromatic N) is 1. The van der Waals surface area contributed by atoms with Crippen LogP contribution in [0.2, 0.25) is 0 Å². The maximum Gasteiger partial charge on any atom is 0.251 e. The normalized spacial score (nSPS) is 18.3. The molecule has 4 rings (SSSR count). The van der Waals surface area contributed by atoms with E-state index in [9.17, 15) is 14.0 Å². The second-order valence-electron chi connectivity index (χ2n) is 6.33. The first-order chi connectivity index (χ1) is 12.6. The Bertz CT molecular complexity index is 853. The van der Waals surface area contributed by atoms with Crippen molar-refractivity contribution in [2.24, 2.45) is 5.92 Å². The highest BCUT2D eigenvalue weighted by Gasteiger charge is 2.31. The van der Waals surface area contributed by atoms with E-state index in [-0.39, 0.29) is 30.3 Å². The van der Waals surface area contributed by atoms with Crippen LogP contribution in [0.4, 0.5) is 10.1 Å². The van der Waals surface area contributed by atoms with Crippen LogP contribution in [0.15, 0.2) is 42.5 Å². The summed E-state index contributed by atoms with van der Waals surface area (Å²) < 4.78 is 23.6. The van der Waals surface area contributed by atoms with Crippen LogP contribution in [0.25, 0.3) is 0 Å². The molecule has 2 aliphatic rings. The first-order valence-electron chi connectivity index (χ1n) is 8.34. The lowest BCUT2D eigenvalue weighted by atomic mass is 10.1. The zero-order chi connectivity index (χ0) is 18.1. The molecule has 2 aromatic carbocycles. The zero-order valence-corrected chi connectivity index (χ0v) is 13.9. The largest absolute Gasteiger partial charge is 0.454 e. The summed E-state index contributed by atoms with van der Waals surface area (Å²) in [6.07, 6.45) is 0.359. The smallest absolute Gasteiger partial charge is 0.251 e. The van der Waals surface area contributed by atoms with E-state index in [2.05, 4.69) is 5.32 Å². The molecule has 2 heterocycles. The number of amides is 2. The van der Waals surface area contributed by atoms with Crippen molar-refractivity contribution in [3.63, 3.8) is 0 Å². The highest BCUT2D eigenvalue weighted by molar-refractivity contribution is 5.96. The molecule has 1 saturated heterocycles. The minimum Gasteiger partial charge on any atom is -0.454 e. The highest BCUT2D eigenvalue weighted by atomic mass is 19.1. The van der Waals surface area contributed by atoms with Gasteiger partial charge in [0.1, 0.15) is 5.82 Å². The average molecular weight is 356 g/mol.